The van der Waals surface area contributed by atoms with Crippen LogP contribution < -0.4 is 10.6 Å². The first-order chi connectivity index (χ1) is 10.7. The predicted molar refractivity (Wildman–Crippen MR) is 83.1 cm³/mol. The van der Waals surface area contributed by atoms with Crippen LogP contribution in [0.15, 0.2) is 0 Å². The molecule has 2 saturated heterocycles. The van der Waals surface area contributed by atoms with Gasteiger partial charge in [-0.1, -0.05) is 13.8 Å². The van der Waals surface area contributed by atoms with Crippen LogP contribution in [0.1, 0.15) is 40.0 Å². The molecule has 0 aliphatic carbocycles. The second-order valence-electron chi connectivity index (χ2n) is 7.13. The van der Waals surface area contributed by atoms with E-state index in [9.17, 15) is 18.4 Å². The lowest BCUT2D eigenvalue weighted by molar-refractivity contribution is -0.137. The highest BCUT2D eigenvalue weighted by molar-refractivity contribution is 5.83. The molecule has 2 aliphatic rings. The summed E-state index contributed by atoms with van der Waals surface area (Å²) in [7, 11) is 0. The molecule has 0 aromatic heterocycles. The smallest absolute Gasteiger partial charge is 0.262 e. The van der Waals surface area contributed by atoms with Gasteiger partial charge in [0.25, 0.3) is 5.92 Å². The number of likely N-dealkylation sites (tertiary alicyclic amines) is 1. The molecule has 2 heterocycles. The third-order valence-corrected chi connectivity index (χ3v) is 4.96. The fraction of sp³-hybridized carbons (Fsp3) is 0.875. The molecule has 2 unspecified atom stereocenters. The number of amides is 2. The molecule has 0 aromatic carbocycles. The molecule has 0 spiro atoms. The highest BCUT2D eigenvalue weighted by Gasteiger charge is 2.44. The molecule has 132 valence electrons. The number of nitrogens with zero attached hydrogens (tertiary/aromatic N) is 1. The first kappa shape index (κ1) is 18.1. The summed E-state index contributed by atoms with van der Waals surface area (Å²) in [6, 6.07) is -0.677. The maximum Gasteiger partial charge on any atom is 0.262 e. The number of piperidine rings is 1. The van der Waals surface area contributed by atoms with E-state index < -0.39 is 24.9 Å². The maximum atomic E-state index is 13.2. The van der Waals surface area contributed by atoms with Crippen LogP contribution in [0.5, 0.6) is 0 Å². The summed E-state index contributed by atoms with van der Waals surface area (Å²) < 4.78 is 26.4. The minimum atomic E-state index is -2.80. The molecule has 0 saturated carbocycles. The van der Waals surface area contributed by atoms with E-state index in [4.69, 9.17) is 0 Å². The predicted octanol–water partition coefficient (Wildman–Crippen LogP) is 1.38. The largest absolute Gasteiger partial charge is 0.353 e. The second kappa shape index (κ2) is 7.11. The molecule has 2 rings (SSSR count). The number of alkyl halides is 2. The standard InChI is InChI=1S/C16H27F2N3O2/c1-10(2)11(3)20-14(22)12-4-6-21(7-5-12)15(23)13-8-16(17,18)9-19-13/h10-13,19H,4-9H2,1-3H3,(H,20,22). The van der Waals surface area contributed by atoms with E-state index in [2.05, 4.69) is 24.5 Å². The molecule has 2 atom stereocenters. The van der Waals surface area contributed by atoms with Crippen molar-refractivity contribution in [2.24, 2.45) is 11.8 Å². The Bertz CT molecular complexity index is 449. The third kappa shape index (κ3) is 4.62. The monoisotopic (exact) mass is 331 g/mol. The molecule has 2 fully saturated rings. The number of carbonyl (C=O) groups is 2. The van der Waals surface area contributed by atoms with Crippen molar-refractivity contribution >= 4 is 11.8 Å². The molecule has 2 N–H and O–H groups in total. The first-order valence-electron chi connectivity index (χ1n) is 8.40. The van der Waals surface area contributed by atoms with Crippen molar-refractivity contribution in [2.45, 2.75) is 58.0 Å². The van der Waals surface area contributed by atoms with Crippen LogP contribution in [0.2, 0.25) is 0 Å². The lowest BCUT2D eigenvalue weighted by Gasteiger charge is -2.33. The minimum absolute atomic E-state index is 0.0313. The van der Waals surface area contributed by atoms with Crippen molar-refractivity contribution < 1.29 is 18.4 Å². The molecule has 23 heavy (non-hydrogen) atoms. The summed E-state index contributed by atoms with van der Waals surface area (Å²) in [6.45, 7) is 6.56. The van der Waals surface area contributed by atoms with E-state index in [-0.39, 0.29) is 23.8 Å². The van der Waals surface area contributed by atoms with E-state index >= 15 is 0 Å². The molecular weight excluding hydrogens is 304 g/mol. The van der Waals surface area contributed by atoms with Crippen LogP contribution in [-0.2, 0) is 9.59 Å². The molecule has 7 heteroatoms. The fourth-order valence-corrected chi connectivity index (χ4v) is 2.98. The average molecular weight is 331 g/mol. The van der Waals surface area contributed by atoms with Crippen LogP contribution in [-0.4, -0.2) is 54.4 Å². The van der Waals surface area contributed by atoms with Gasteiger partial charge in [0.1, 0.15) is 0 Å². The molecule has 5 nitrogen and oxygen atoms in total. The Morgan fingerprint density at radius 1 is 1.22 bits per heavy atom. The summed E-state index contributed by atoms with van der Waals surface area (Å²) in [5, 5.41) is 5.60. The number of halogens is 2. The molecule has 0 radical (unpaired) electrons. The van der Waals surface area contributed by atoms with Gasteiger partial charge in [-0.2, -0.15) is 0 Å². The van der Waals surface area contributed by atoms with Crippen molar-refractivity contribution in [3.05, 3.63) is 0 Å². The second-order valence-corrected chi connectivity index (χ2v) is 7.13. The van der Waals surface area contributed by atoms with Crippen LogP contribution in [0.4, 0.5) is 8.78 Å². The van der Waals surface area contributed by atoms with Crippen molar-refractivity contribution in [1.29, 1.82) is 0 Å². The molecule has 2 amide bonds. The average Bonchev–Trinajstić information content (AvgIpc) is 2.86. The summed E-state index contributed by atoms with van der Waals surface area (Å²) >= 11 is 0. The van der Waals surface area contributed by atoms with E-state index in [1.165, 1.54) is 0 Å². The van der Waals surface area contributed by atoms with Gasteiger partial charge in [0, 0.05) is 31.5 Å². The zero-order chi connectivity index (χ0) is 17.2. The summed E-state index contributed by atoms with van der Waals surface area (Å²) in [5.74, 6) is -2.76. The maximum absolute atomic E-state index is 13.2. The van der Waals surface area contributed by atoms with Gasteiger partial charge in [-0.15, -0.1) is 0 Å². The molecular formula is C16H27F2N3O2. The first-order valence-corrected chi connectivity index (χ1v) is 8.40. The third-order valence-electron chi connectivity index (χ3n) is 4.96. The lowest BCUT2D eigenvalue weighted by atomic mass is 9.94. The highest BCUT2D eigenvalue weighted by atomic mass is 19.3. The van der Waals surface area contributed by atoms with Gasteiger partial charge in [-0.3, -0.25) is 14.9 Å². The van der Waals surface area contributed by atoms with Crippen LogP contribution in [0.25, 0.3) is 0 Å². The Morgan fingerprint density at radius 2 is 1.83 bits per heavy atom. The van der Waals surface area contributed by atoms with Gasteiger partial charge >= 0.3 is 0 Å². The molecule has 2 aliphatic heterocycles. The van der Waals surface area contributed by atoms with Gasteiger partial charge in [-0.25, -0.2) is 8.78 Å². The van der Waals surface area contributed by atoms with E-state index in [1.54, 1.807) is 4.90 Å². The Hall–Kier alpha value is -1.24. The summed E-state index contributed by atoms with van der Waals surface area (Å²) in [6.07, 6.45) is 0.745. The van der Waals surface area contributed by atoms with Crippen LogP contribution in [0.3, 0.4) is 0 Å². The lowest BCUT2D eigenvalue weighted by Crippen LogP contribution is -2.49. The summed E-state index contributed by atoms with van der Waals surface area (Å²) in [4.78, 5) is 26.1. The number of hydrogen-bond donors (Lipinski definition) is 2. The van der Waals surface area contributed by atoms with E-state index in [0.29, 0.717) is 31.8 Å². The minimum Gasteiger partial charge on any atom is -0.353 e. The fourth-order valence-electron chi connectivity index (χ4n) is 2.98. The number of hydrogen-bond acceptors (Lipinski definition) is 3. The molecule has 0 bridgehead atoms. The zero-order valence-corrected chi connectivity index (χ0v) is 14.1. The SMILES string of the molecule is CC(C)C(C)NC(=O)C1CCN(C(=O)C2CC(F)(F)CN2)CC1. The quantitative estimate of drug-likeness (QED) is 0.818. The van der Waals surface area contributed by atoms with Crippen molar-refractivity contribution in [3.8, 4) is 0 Å². The topological polar surface area (TPSA) is 61.4 Å². The van der Waals surface area contributed by atoms with Gasteiger partial charge < -0.3 is 10.2 Å². The Labute approximate surface area is 136 Å². The van der Waals surface area contributed by atoms with Gasteiger partial charge in [-0.05, 0) is 25.7 Å². The number of rotatable bonds is 4. The van der Waals surface area contributed by atoms with Gasteiger partial charge in [0.05, 0.1) is 12.6 Å². The van der Waals surface area contributed by atoms with Crippen molar-refractivity contribution in [1.82, 2.24) is 15.5 Å². The Morgan fingerprint density at radius 3 is 2.30 bits per heavy atom. The normalized spacial score (nSPS) is 26.3. The summed E-state index contributed by atoms with van der Waals surface area (Å²) in [5.41, 5.74) is 0. The van der Waals surface area contributed by atoms with Crippen LogP contribution in [0, 0.1) is 11.8 Å². The zero-order valence-electron chi connectivity index (χ0n) is 14.1. The van der Waals surface area contributed by atoms with Crippen LogP contribution >= 0.6 is 0 Å². The van der Waals surface area contributed by atoms with Crippen molar-refractivity contribution in [2.75, 3.05) is 19.6 Å². The number of carbonyl (C=O) groups excluding carboxylic acids is 2. The van der Waals surface area contributed by atoms with E-state index in [1.807, 2.05) is 6.92 Å². The van der Waals surface area contributed by atoms with E-state index in [0.717, 1.165) is 0 Å². The van der Waals surface area contributed by atoms with Crippen molar-refractivity contribution in [3.63, 3.8) is 0 Å². The Balaban J connectivity index is 1.79. The molecule has 0 aromatic rings. The Kier molecular flexibility index (Phi) is 5.60. The number of nitrogens with one attached hydrogen (secondary N) is 2. The van der Waals surface area contributed by atoms with Gasteiger partial charge in [0.2, 0.25) is 11.8 Å². The van der Waals surface area contributed by atoms with Gasteiger partial charge in [0.15, 0.2) is 0 Å². The highest BCUT2D eigenvalue weighted by Crippen LogP contribution is 2.27.